The van der Waals surface area contributed by atoms with Crippen LogP contribution in [0.15, 0.2) is 22.5 Å². The van der Waals surface area contributed by atoms with E-state index < -0.39 is 40.0 Å². The molecule has 1 aliphatic carbocycles. The number of benzene rings is 1. The molecule has 2 fully saturated rings. The smallest absolute Gasteiger partial charge is 0.312 e. The summed E-state index contributed by atoms with van der Waals surface area (Å²) in [5, 5.41) is 4.02. The highest BCUT2D eigenvalue weighted by molar-refractivity contribution is 7.92. The van der Waals surface area contributed by atoms with Gasteiger partial charge < -0.3 is 5.32 Å². The second-order valence-electron chi connectivity index (χ2n) is 11.8. The highest BCUT2D eigenvalue weighted by atomic mass is 32.2. The Morgan fingerprint density at radius 2 is 1.70 bits per heavy atom. The molecule has 2 aliphatic heterocycles. The summed E-state index contributed by atoms with van der Waals surface area (Å²) in [6.07, 6.45) is -0.194. The van der Waals surface area contributed by atoms with Gasteiger partial charge in [-0.05, 0) is 99.6 Å². The molecule has 3 aliphatic rings. The highest BCUT2D eigenvalue weighted by Crippen LogP contribution is 2.38. The predicted octanol–water partition coefficient (Wildman–Crippen LogP) is 3.90. The van der Waals surface area contributed by atoms with E-state index >= 15 is 0 Å². The van der Waals surface area contributed by atoms with Gasteiger partial charge in [0.25, 0.3) is 11.8 Å². The van der Waals surface area contributed by atoms with Gasteiger partial charge >= 0.3 is 6.18 Å². The van der Waals surface area contributed by atoms with Gasteiger partial charge in [-0.25, -0.2) is 8.42 Å². The Bertz CT molecular complexity index is 1400. The SMILES string of the molecule is CC(=O)NNC(=O)c1cc(C)c(/C=C/S(=O)(=O)N2CCC3(CC2)N=C(C2CCC(CCC(F)(F)F)CC2)NC3=O)c(C)c1. The van der Waals surface area contributed by atoms with Gasteiger partial charge in [0.2, 0.25) is 15.9 Å². The van der Waals surface area contributed by atoms with Crippen LogP contribution in [0, 0.1) is 25.7 Å². The molecule has 0 bridgehead atoms. The third-order valence-corrected chi connectivity index (χ3v) is 10.2. The number of carbonyl (C=O) groups excluding carboxylic acids is 3. The van der Waals surface area contributed by atoms with Gasteiger partial charge in [-0.15, -0.1) is 0 Å². The van der Waals surface area contributed by atoms with Crippen molar-refractivity contribution in [3.05, 3.63) is 39.8 Å². The van der Waals surface area contributed by atoms with Crippen LogP contribution in [0.5, 0.6) is 0 Å². The lowest BCUT2D eigenvalue weighted by atomic mass is 9.79. The van der Waals surface area contributed by atoms with E-state index in [1.54, 1.807) is 26.0 Å². The molecular formula is C29H38F3N5O5S. The Hall–Kier alpha value is -3.26. The number of hydrogen-bond acceptors (Lipinski definition) is 6. The van der Waals surface area contributed by atoms with Crippen LogP contribution in [0.25, 0.3) is 6.08 Å². The molecule has 3 amide bonds. The molecule has 10 nitrogen and oxygen atoms in total. The van der Waals surface area contributed by atoms with Crippen molar-refractivity contribution in [1.29, 1.82) is 0 Å². The van der Waals surface area contributed by atoms with E-state index in [1.165, 1.54) is 17.3 Å². The molecule has 1 spiro atoms. The third-order valence-electron chi connectivity index (χ3n) is 8.59. The van der Waals surface area contributed by atoms with Crippen molar-refractivity contribution < 1.29 is 36.0 Å². The Morgan fingerprint density at radius 1 is 1.09 bits per heavy atom. The summed E-state index contributed by atoms with van der Waals surface area (Å²) in [6, 6.07) is 3.20. The fourth-order valence-electron chi connectivity index (χ4n) is 6.10. The van der Waals surface area contributed by atoms with Crippen molar-refractivity contribution in [3.8, 4) is 0 Å². The predicted molar refractivity (Wildman–Crippen MR) is 155 cm³/mol. The molecule has 0 radical (unpaired) electrons. The van der Waals surface area contributed by atoms with E-state index in [0.717, 1.165) is 5.41 Å². The Kier molecular flexibility index (Phi) is 9.69. The van der Waals surface area contributed by atoms with Crippen LogP contribution in [0.3, 0.4) is 0 Å². The summed E-state index contributed by atoms with van der Waals surface area (Å²) in [5.41, 5.74) is 5.81. The van der Waals surface area contributed by atoms with Gasteiger partial charge in [0.1, 0.15) is 11.4 Å². The second kappa shape index (κ2) is 12.8. The first kappa shape index (κ1) is 32.6. The fraction of sp³-hybridized carbons (Fsp3) is 0.586. The van der Waals surface area contributed by atoms with Crippen molar-refractivity contribution in [2.75, 3.05) is 13.1 Å². The second-order valence-corrected chi connectivity index (χ2v) is 13.6. The van der Waals surface area contributed by atoms with Crippen molar-refractivity contribution in [2.45, 2.75) is 83.9 Å². The number of nitrogens with zero attached hydrogens (tertiary/aromatic N) is 2. The Balaban J connectivity index is 1.36. The maximum atomic E-state index is 13.2. The van der Waals surface area contributed by atoms with Gasteiger partial charge in [0.15, 0.2) is 0 Å². The van der Waals surface area contributed by atoms with Crippen LogP contribution in [0.2, 0.25) is 0 Å². The van der Waals surface area contributed by atoms with Gasteiger partial charge in [0, 0.05) is 43.3 Å². The molecule has 0 atom stereocenters. The summed E-state index contributed by atoms with van der Waals surface area (Å²) in [6.45, 7) is 5.00. The lowest BCUT2D eigenvalue weighted by molar-refractivity contribution is -0.138. The number of hydrazine groups is 1. The van der Waals surface area contributed by atoms with Crippen LogP contribution in [0.4, 0.5) is 13.2 Å². The molecule has 1 aromatic carbocycles. The molecule has 1 aromatic rings. The number of piperidine rings is 1. The number of alkyl halides is 3. The minimum atomic E-state index is -4.15. The maximum Gasteiger partial charge on any atom is 0.389 e. The van der Waals surface area contributed by atoms with E-state index in [0.29, 0.717) is 53.8 Å². The monoisotopic (exact) mass is 625 g/mol. The first-order valence-electron chi connectivity index (χ1n) is 14.4. The van der Waals surface area contributed by atoms with E-state index in [4.69, 9.17) is 4.99 Å². The van der Waals surface area contributed by atoms with E-state index in [9.17, 15) is 36.0 Å². The van der Waals surface area contributed by atoms with E-state index in [2.05, 4.69) is 16.2 Å². The zero-order chi connectivity index (χ0) is 31.6. The number of rotatable bonds is 7. The summed E-state index contributed by atoms with van der Waals surface area (Å²) in [5.74, 6) is -0.573. The summed E-state index contributed by atoms with van der Waals surface area (Å²) in [7, 11) is -3.81. The van der Waals surface area contributed by atoms with Crippen LogP contribution in [0.1, 0.15) is 85.3 Å². The number of sulfonamides is 1. The lowest BCUT2D eigenvalue weighted by Crippen LogP contribution is -2.50. The molecule has 0 aromatic heterocycles. The average molecular weight is 626 g/mol. The van der Waals surface area contributed by atoms with Crippen LogP contribution >= 0.6 is 0 Å². The zero-order valence-electron chi connectivity index (χ0n) is 24.5. The highest BCUT2D eigenvalue weighted by Gasteiger charge is 2.48. The van der Waals surface area contributed by atoms with Crippen molar-refractivity contribution >= 4 is 39.7 Å². The van der Waals surface area contributed by atoms with Crippen molar-refractivity contribution in [2.24, 2.45) is 16.8 Å². The van der Waals surface area contributed by atoms with Crippen LogP contribution in [-0.2, 0) is 19.6 Å². The quantitative estimate of drug-likeness (QED) is 0.395. The lowest BCUT2D eigenvalue weighted by Gasteiger charge is -2.34. The normalized spacial score (nSPS) is 22.8. The molecule has 43 heavy (non-hydrogen) atoms. The first-order chi connectivity index (χ1) is 20.1. The van der Waals surface area contributed by atoms with Gasteiger partial charge in [-0.3, -0.25) is 30.2 Å². The zero-order valence-corrected chi connectivity index (χ0v) is 25.3. The average Bonchev–Trinajstić information content (AvgIpc) is 3.25. The number of amides is 3. The molecule has 1 saturated carbocycles. The number of amidine groups is 1. The number of aliphatic imine (C=N–C) groups is 1. The third kappa shape index (κ3) is 8.02. The van der Waals surface area contributed by atoms with Crippen molar-refractivity contribution in [1.82, 2.24) is 20.5 Å². The topological polar surface area (TPSA) is 137 Å². The number of aryl methyl sites for hydroxylation is 2. The van der Waals surface area contributed by atoms with E-state index in [-0.39, 0.29) is 50.1 Å². The minimum Gasteiger partial charge on any atom is -0.312 e. The summed E-state index contributed by atoms with van der Waals surface area (Å²) < 4.78 is 65.4. The maximum absolute atomic E-state index is 13.2. The summed E-state index contributed by atoms with van der Waals surface area (Å²) in [4.78, 5) is 41.1. The van der Waals surface area contributed by atoms with Crippen molar-refractivity contribution in [3.63, 3.8) is 0 Å². The van der Waals surface area contributed by atoms with E-state index in [1.807, 2.05) is 0 Å². The molecular weight excluding hydrogens is 587 g/mol. The molecule has 1 saturated heterocycles. The minimum absolute atomic E-state index is 0.00972. The van der Waals surface area contributed by atoms with Gasteiger partial charge in [-0.2, -0.15) is 17.5 Å². The standard InChI is InChI=1S/C29H38F3N5O5S/c1-18-16-23(26(39)36-35-20(3)38)17-19(2)24(18)9-15-43(41,42)37-13-11-28(12-14-37)27(40)33-25(34-28)22-6-4-21(5-7-22)8-10-29(30,31)32/h9,15-17,21-22H,4-8,10-14H2,1-3H3,(H,35,38)(H,36,39)(H,33,34,40)/b15-9+. The molecule has 3 N–H and O–H groups in total. The Labute approximate surface area is 249 Å². The number of nitrogens with one attached hydrogen (secondary N) is 3. The molecule has 4 rings (SSSR count). The van der Waals surface area contributed by atoms with Crippen LogP contribution in [-0.4, -0.2) is 61.1 Å². The van der Waals surface area contributed by atoms with Gasteiger partial charge in [-0.1, -0.05) is 0 Å². The largest absolute Gasteiger partial charge is 0.389 e. The summed E-state index contributed by atoms with van der Waals surface area (Å²) >= 11 is 0. The van der Waals surface area contributed by atoms with Gasteiger partial charge in [0.05, 0.1) is 0 Å². The first-order valence-corrected chi connectivity index (χ1v) is 15.9. The molecule has 0 unspecified atom stereocenters. The number of halogens is 3. The molecule has 236 valence electrons. The molecule has 2 heterocycles. The number of hydrogen-bond donors (Lipinski definition) is 3. The Morgan fingerprint density at radius 3 is 2.26 bits per heavy atom. The molecule has 14 heteroatoms. The van der Waals surface area contributed by atoms with Crippen LogP contribution < -0.4 is 16.2 Å². The number of carbonyl (C=O) groups is 3. The fourth-order valence-corrected chi connectivity index (χ4v) is 7.27.